The minimum absolute atomic E-state index is 0.281. The van der Waals surface area contributed by atoms with Gasteiger partial charge in [0, 0.05) is 29.7 Å². The predicted octanol–water partition coefficient (Wildman–Crippen LogP) is 2.18. The van der Waals surface area contributed by atoms with E-state index in [0.29, 0.717) is 29.7 Å². The van der Waals surface area contributed by atoms with E-state index in [1.54, 1.807) is 7.11 Å². The van der Waals surface area contributed by atoms with Gasteiger partial charge in [0.15, 0.2) is 0 Å². The van der Waals surface area contributed by atoms with E-state index in [1.807, 2.05) is 7.05 Å². The zero-order valence-corrected chi connectivity index (χ0v) is 13.3. The quantitative estimate of drug-likeness (QED) is 0.836. The van der Waals surface area contributed by atoms with Crippen molar-refractivity contribution in [2.45, 2.75) is 51.3 Å². The largest absolute Gasteiger partial charge is 0.384 e. The molecule has 1 fully saturated rings. The Morgan fingerprint density at radius 2 is 2.00 bits per heavy atom. The Labute approximate surface area is 115 Å². The van der Waals surface area contributed by atoms with Crippen molar-refractivity contribution < 1.29 is 8.95 Å². The molecule has 0 aromatic carbocycles. The number of methoxy groups -OCH3 is 1. The monoisotopic (exact) mass is 275 g/mol. The van der Waals surface area contributed by atoms with Crippen LogP contribution >= 0.6 is 0 Å². The lowest BCUT2D eigenvalue weighted by Crippen LogP contribution is -2.47. The standard InChI is InChI=1S/C14H29NO2S/c1-14(2,3)11-6-7-12(15-4)13(10-11)18(16)9-8-17-5/h11-13,15H,6-10H2,1-5H3. The first-order valence-electron chi connectivity index (χ1n) is 6.93. The van der Waals surface area contributed by atoms with Gasteiger partial charge < -0.3 is 10.1 Å². The maximum Gasteiger partial charge on any atom is 0.0577 e. The van der Waals surface area contributed by atoms with Crippen LogP contribution in [0.15, 0.2) is 0 Å². The third kappa shape index (κ3) is 4.32. The van der Waals surface area contributed by atoms with Crippen LogP contribution in [0, 0.1) is 11.3 Å². The molecule has 0 aromatic rings. The van der Waals surface area contributed by atoms with Crippen molar-refractivity contribution >= 4 is 10.8 Å². The summed E-state index contributed by atoms with van der Waals surface area (Å²) < 4.78 is 17.4. The van der Waals surface area contributed by atoms with Crippen molar-refractivity contribution in [3.05, 3.63) is 0 Å². The van der Waals surface area contributed by atoms with Gasteiger partial charge in [0.1, 0.15) is 0 Å². The summed E-state index contributed by atoms with van der Waals surface area (Å²) in [5, 5.41) is 3.63. The molecule has 4 heteroatoms. The van der Waals surface area contributed by atoms with Gasteiger partial charge in [-0.25, -0.2) is 0 Å². The first-order chi connectivity index (χ1) is 8.40. The average Bonchev–Trinajstić information content (AvgIpc) is 2.34. The smallest absolute Gasteiger partial charge is 0.0577 e. The highest BCUT2D eigenvalue weighted by Crippen LogP contribution is 2.39. The molecule has 0 aromatic heterocycles. The second-order valence-corrected chi connectivity index (χ2v) is 8.16. The summed E-state index contributed by atoms with van der Waals surface area (Å²) >= 11 is 0. The van der Waals surface area contributed by atoms with E-state index < -0.39 is 10.8 Å². The SMILES string of the molecule is CNC1CCC(C(C)(C)C)CC1S(=O)CCOC. The highest BCUT2D eigenvalue weighted by molar-refractivity contribution is 7.85. The van der Waals surface area contributed by atoms with Gasteiger partial charge in [-0.3, -0.25) is 4.21 Å². The van der Waals surface area contributed by atoms with Gasteiger partial charge in [-0.15, -0.1) is 0 Å². The normalized spacial score (nSPS) is 31.3. The van der Waals surface area contributed by atoms with Gasteiger partial charge in [-0.05, 0) is 37.6 Å². The first-order valence-corrected chi connectivity index (χ1v) is 8.31. The number of rotatable bonds is 5. The van der Waals surface area contributed by atoms with Crippen molar-refractivity contribution in [2.24, 2.45) is 11.3 Å². The Hall–Kier alpha value is 0.0700. The van der Waals surface area contributed by atoms with Crippen LogP contribution in [0.1, 0.15) is 40.0 Å². The van der Waals surface area contributed by atoms with E-state index >= 15 is 0 Å². The Balaban J connectivity index is 2.67. The molecule has 1 N–H and O–H groups in total. The summed E-state index contributed by atoms with van der Waals surface area (Å²) in [7, 11) is 2.88. The zero-order valence-electron chi connectivity index (χ0n) is 12.5. The molecule has 0 bridgehead atoms. The molecule has 4 atom stereocenters. The molecule has 18 heavy (non-hydrogen) atoms. The van der Waals surface area contributed by atoms with Crippen molar-refractivity contribution in [1.29, 1.82) is 0 Å². The molecule has 0 heterocycles. The highest BCUT2D eigenvalue weighted by Gasteiger charge is 2.37. The van der Waals surface area contributed by atoms with Crippen LogP contribution in [0.4, 0.5) is 0 Å². The van der Waals surface area contributed by atoms with Crippen LogP contribution in [0.3, 0.4) is 0 Å². The van der Waals surface area contributed by atoms with E-state index in [2.05, 4.69) is 26.1 Å². The molecule has 0 radical (unpaired) electrons. The topological polar surface area (TPSA) is 38.3 Å². The fraction of sp³-hybridized carbons (Fsp3) is 1.00. The minimum Gasteiger partial charge on any atom is -0.384 e. The number of ether oxygens (including phenoxy) is 1. The molecular weight excluding hydrogens is 246 g/mol. The lowest BCUT2D eigenvalue weighted by molar-refractivity contribution is 0.165. The van der Waals surface area contributed by atoms with Crippen LogP contribution in [0.25, 0.3) is 0 Å². The number of nitrogens with one attached hydrogen (secondary N) is 1. The molecule has 1 aliphatic carbocycles. The Bertz CT molecular complexity index is 275. The third-order valence-corrected chi connectivity index (χ3v) is 5.98. The maximum atomic E-state index is 12.4. The van der Waals surface area contributed by atoms with E-state index in [-0.39, 0.29) is 5.25 Å². The average molecular weight is 275 g/mol. The summed E-state index contributed by atoms with van der Waals surface area (Å²) in [5.74, 6) is 1.34. The van der Waals surface area contributed by atoms with Crippen molar-refractivity contribution in [2.75, 3.05) is 26.5 Å². The molecule has 3 nitrogen and oxygen atoms in total. The summed E-state index contributed by atoms with van der Waals surface area (Å²) in [6, 6.07) is 0.404. The summed E-state index contributed by atoms with van der Waals surface area (Å²) in [4.78, 5) is 0. The van der Waals surface area contributed by atoms with E-state index in [1.165, 1.54) is 6.42 Å². The van der Waals surface area contributed by atoms with Gasteiger partial charge in [0.2, 0.25) is 0 Å². The molecule has 0 aliphatic heterocycles. The molecule has 4 unspecified atom stereocenters. The summed E-state index contributed by atoms with van der Waals surface area (Å²) in [5.41, 5.74) is 0.322. The van der Waals surface area contributed by atoms with Crippen LogP contribution in [0.5, 0.6) is 0 Å². The summed E-state index contributed by atoms with van der Waals surface area (Å²) in [6.07, 6.45) is 3.46. The predicted molar refractivity (Wildman–Crippen MR) is 78.3 cm³/mol. The van der Waals surface area contributed by atoms with Gasteiger partial charge >= 0.3 is 0 Å². The molecule has 1 saturated carbocycles. The van der Waals surface area contributed by atoms with E-state index in [9.17, 15) is 4.21 Å². The van der Waals surface area contributed by atoms with Gasteiger partial charge in [0.25, 0.3) is 0 Å². The lowest BCUT2D eigenvalue weighted by atomic mass is 9.71. The van der Waals surface area contributed by atoms with Gasteiger partial charge in [-0.2, -0.15) is 0 Å². The van der Waals surface area contributed by atoms with Gasteiger partial charge in [-0.1, -0.05) is 20.8 Å². The Kier molecular flexibility index (Phi) is 6.28. The molecule has 1 rings (SSSR count). The van der Waals surface area contributed by atoms with Crippen molar-refractivity contribution in [3.63, 3.8) is 0 Å². The van der Waals surface area contributed by atoms with Crippen molar-refractivity contribution in [1.82, 2.24) is 5.32 Å². The minimum atomic E-state index is -0.779. The zero-order chi connectivity index (χ0) is 13.8. The molecule has 0 amide bonds. The molecule has 0 saturated heterocycles. The highest BCUT2D eigenvalue weighted by atomic mass is 32.2. The molecule has 0 spiro atoms. The number of hydrogen-bond acceptors (Lipinski definition) is 3. The second-order valence-electron chi connectivity index (χ2n) is 6.39. The molecular formula is C14H29NO2S. The fourth-order valence-electron chi connectivity index (χ4n) is 2.85. The second kappa shape index (κ2) is 7.01. The molecule has 108 valence electrons. The van der Waals surface area contributed by atoms with Crippen molar-refractivity contribution in [3.8, 4) is 0 Å². The van der Waals surface area contributed by atoms with E-state index in [0.717, 1.165) is 12.8 Å². The fourth-order valence-corrected chi connectivity index (χ4v) is 4.57. The van der Waals surface area contributed by atoms with Crippen LogP contribution in [-0.4, -0.2) is 42.0 Å². The molecule has 1 aliphatic rings. The maximum absolute atomic E-state index is 12.4. The van der Waals surface area contributed by atoms with E-state index in [4.69, 9.17) is 4.74 Å². The van der Waals surface area contributed by atoms with Crippen LogP contribution < -0.4 is 5.32 Å². The Morgan fingerprint density at radius 1 is 1.33 bits per heavy atom. The lowest BCUT2D eigenvalue weighted by Gasteiger charge is -2.41. The third-order valence-electron chi connectivity index (χ3n) is 4.21. The number of hydrogen-bond donors (Lipinski definition) is 1. The Morgan fingerprint density at radius 3 is 2.50 bits per heavy atom. The van der Waals surface area contributed by atoms with Crippen LogP contribution in [0.2, 0.25) is 0 Å². The summed E-state index contributed by atoms with van der Waals surface area (Å²) in [6.45, 7) is 7.49. The van der Waals surface area contributed by atoms with Gasteiger partial charge in [0.05, 0.1) is 11.9 Å². The van der Waals surface area contributed by atoms with Crippen LogP contribution in [-0.2, 0) is 15.5 Å². The first kappa shape index (κ1) is 16.1.